The number of alkyl halides is 3. The Hall–Kier alpha value is -4.26. The van der Waals surface area contributed by atoms with E-state index in [0.29, 0.717) is 16.7 Å². The van der Waals surface area contributed by atoms with Gasteiger partial charge in [-0.2, -0.15) is 23.3 Å². The molecule has 4 aromatic rings. The van der Waals surface area contributed by atoms with Crippen LogP contribution in [0.1, 0.15) is 28.5 Å². The molecule has 14 heteroatoms. The van der Waals surface area contributed by atoms with Gasteiger partial charge in [-0.15, -0.1) is 0 Å². The Balaban J connectivity index is 1.86. The smallest absolute Gasteiger partial charge is 0.434 e. The van der Waals surface area contributed by atoms with Crippen LogP contribution in [0.2, 0.25) is 5.02 Å². The van der Waals surface area contributed by atoms with Crippen LogP contribution in [-0.2, 0) is 12.6 Å². The summed E-state index contributed by atoms with van der Waals surface area (Å²) < 4.78 is 63.0. The molecule has 0 spiro atoms. The summed E-state index contributed by atoms with van der Waals surface area (Å²) in [6.45, 7) is 1.81. The lowest BCUT2D eigenvalue weighted by atomic mass is 10.0. The van der Waals surface area contributed by atoms with E-state index in [1.165, 1.54) is 18.3 Å². The Bertz CT molecular complexity index is 1470. The topological polar surface area (TPSA) is 135 Å². The summed E-state index contributed by atoms with van der Waals surface area (Å²) in [5.41, 5.74) is 8.54. The Morgan fingerprint density at radius 2 is 1.92 bits per heavy atom. The molecule has 186 valence electrons. The number of ether oxygens (including phenoxy) is 1. The van der Waals surface area contributed by atoms with Crippen molar-refractivity contribution in [2.75, 3.05) is 5.73 Å². The predicted molar refractivity (Wildman–Crippen MR) is 121 cm³/mol. The molecule has 0 atom stereocenters. The zero-order chi connectivity index (χ0) is 26.2. The fourth-order valence-electron chi connectivity index (χ4n) is 3.35. The van der Waals surface area contributed by atoms with Gasteiger partial charge < -0.3 is 16.2 Å². The van der Waals surface area contributed by atoms with Gasteiger partial charge in [0, 0.05) is 11.8 Å². The summed E-state index contributed by atoms with van der Waals surface area (Å²) in [5.74, 6) is -3.31. The van der Waals surface area contributed by atoms with E-state index in [-0.39, 0.29) is 33.9 Å². The average molecular weight is 522 g/mol. The van der Waals surface area contributed by atoms with Gasteiger partial charge in [0.05, 0.1) is 5.56 Å². The summed E-state index contributed by atoms with van der Waals surface area (Å²) in [4.78, 5) is 23.6. The first-order valence-corrected chi connectivity index (χ1v) is 10.6. The second-order valence-corrected chi connectivity index (χ2v) is 7.73. The molecule has 0 bridgehead atoms. The van der Waals surface area contributed by atoms with E-state index in [4.69, 9.17) is 27.8 Å². The lowest BCUT2D eigenvalue weighted by Gasteiger charge is -2.11. The van der Waals surface area contributed by atoms with Crippen molar-refractivity contribution < 1.29 is 27.1 Å². The molecule has 1 amide bonds. The highest BCUT2D eigenvalue weighted by Gasteiger charge is 2.43. The third-order valence-electron chi connectivity index (χ3n) is 5.03. The summed E-state index contributed by atoms with van der Waals surface area (Å²) in [5, 5.41) is 3.80. The predicted octanol–water partition coefficient (Wildman–Crippen LogP) is 4.57. The number of aryl methyl sites for hydroxylation is 1. The first-order chi connectivity index (χ1) is 17.0. The van der Waals surface area contributed by atoms with Gasteiger partial charge in [-0.3, -0.25) is 4.79 Å². The highest BCUT2D eigenvalue weighted by molar-refractivity contribution is 6.34. The number of hydrogen-bond acceptors (Lipinski definition) is 7. The Labute approximate surface area is 205 Å². The zero-order valence-corrected chi connectivity index (χ0v) is 19.1. The monoisotopic (exact) mass is 521 g/mol. The molecule has 0 saturated heterocycles. The number of carbonyl (C=O) groups is 1. The highest BCUT2D eigenvalue weighted by atomic mass is 35.5. The van der Waals surface area contributed by atoms with Crippen LogP contribution in [0.4, 0.5) is 23.4 Å². The largest absolute Gasteiger partial charge is 0.434 e. The number of nitrogen functional groups attached to an aromatic ring is 1. The van der Waals surface area contributed by atoms with E-state index >= 15 is 0 Å². The normalized spacial score (nSPS) is 11.5. The average Bonchev–Trinajstić information content (AvgIpc) is 3.25. The van der Waals surface area contributed by atoms with Crippen molar-refractivity contribution in [3.8, 4) is 28.7 Å². The Morgan fingerprint density at radius 3 is 2.56 bits per heavy atom. The second-order valence-electron chi connectivity index (χ2n) is 7.35. The fourth-order valence-corrected chi connectivity index (χ4v) is 3.49. The quantitative estimate of drug-likeness (QED) is 0.355. The number of anilines is 1. The van der Waals surface area contributed by atoms with Gasteiger partial charge in [-0.05, 0) is 42.3 Å². The summed E-state index contributed by atoms with van der Waals surface area (Å²) in [6.07, 6.45) is -2.15. The van der Waals surface area contributed by atoms with Crippen LogP contribution >= 0.6 is 11.6 Å². The number of nitrogens with two attached hydrogens (primary N) is 2. The molecular formula is C22H16ClF4N7O2. The first-order valence-electron chi connectivity index (χ1n) is 10.2. The molecule has 0 saturated carbocycles. The Kier molecular flexibility index (Phi) is 6.50. The van der Waals surface area contributed by atoms with Crippen LogP contribution in [0.25, 0.3) is 17.1 Å². The number of rotatable bonds is 6. The van der Waals surface area contributed by atoms with E-state index < -0.39 is 34.9 Å². The number of halogens is 5. The van der Waals surface area contributed by atoms with Crippen LogP contribution in [0.3, 0.4) is 0 Å². The summed E-state index contributed by atoms with van der Waals surface area (Å²) in [7, 11) is 0. The van der Waals surface area contributed by atoms with E-state index in [2.05, 4.69) is 20.1 Å². The molecule has 0 aliphatic rings. The maximum absolute atomic E-state index is 14.9. The van der Waals surface area contributed by atoms with Crippen LogP contribution in [0.15, 0.2) is 42.9 Å². The van der Waals surface area contributed by atoms with Gasteiger partial charge in [0.15, 0.2) is 23.1 Å². The number of hydrogen-bond donors (Lipinski definition) is 2. The second kappa shape index (κ2) is 9.41. The highest BCUT2D eigenvalue weighted by Crippen LogP contribution is 2.39. The number of aromatic nitrogens is 5. The van der Waals surface area contributed by atoms with Crippen molar-refractivity contribution in [1.82, 2.24) is 24.7 Å². The summed E-state index contributed by atoms with van der Waals surface area (Å²) >= 11 is 5.95. The molecule has 0 unspecified atom stereocenters. The van der Waals surface area contributed by atoms with Gasteiger partial charge >= 0.3 is 6.18 Å². The number of pyridine rings is 1. The molecule has 0 fully saturated rings. The van der Waals surface area contributed by atoms with Crippen molar-refractivity contribution in [2.24, 2.45) is 5.73 Å². The van der Waals surface area contributed by atoms with Crippen molar-refractivity contribution in [3.05, 3.63) is 70.5 Å². The van der Waals surface area contributed by atoms with Gasteiger partial charge in [0.25, 0.3) is 5.91 Å². The molecule has 0 aliphatic heterocycles. The Morgan fingerprint density at radius 1 is 1.17 bits per heavy atom. The van der Waals surface area contributed by atoms with E-state index in [9.17, 15) is 22.4 Å². The molecule has 9 nitrogen and oxygen atoms in total. The molecule has 3 aromatic heterocycles. The van der Waals surface area contributed by atoms with Gasteiger partial charge in [-0.25, -0.2) is 19.0 Å². The summed E-state index contributed by atoms with van der Waals surface area (Å²) in [6, 6.07) is 6.16. The molecule has 0 aliphatic carbocycles. The SMILES string of the molecule is CCc1ccnc(-n2nc(-c3ccc(Oc4ncnc(N)c4Cl)c(F)c3)c(C(N)=O)c2C(F)(F)F)c1. The molecule has 4 rings (SSSR count). The van der Waals surface area contributed by atoms with Crippen molar-refractivity contribution >= 4 is 23.3 Å². The van der Waals surface area contributed by atoms with Gasteiger partial charge in [0.2, 0.25) is 5.88 Å². The first kappa shape index (κ1) is 24.9. The lowest BCUT2D eigenvalue weighted by Crippen LogP contribution is -2.21. The van der Waals surface area contributed by atoms with Crippen LogP contribution < -0.4 is 16.2 Å². The van der Waals surface area contributed by atoms with Gasteiger partial charge in [0.1, 0.15) is 22.9 Å². The van der Waals surface area contributed by atoms with Crippen LogP contribution in [-0.4, -0.2) is 30.6 Å². The number of benzene rings is 1. The molecule has 36 heavy (non-hydrogen) atoms. The minimum Gasteiger partial charge on any atom is -0.434 e. The standard InChI is InChI=1S/C22H16ClF4N7O2/c1-2-10-5-6-30-14(7-10)34-18(22(25,26)27)15(20(29)35)17(33-34)11-3-4-13(12(24)8-11)36-21-16(23)19(28)31-9-32-21/h3-9H,2H2,1H3,(H2,29,35)(H2,28,31,32). The maximum Gasteiger partial charge on any atom is 0.434 e. The minimum absolute atomic E-state index is 0.101. The third kappa shape index (κ3) is 4.64. The van der Waals surface area contributed by atoms with Crippen molar-refractivity contribution in [1.29, 1.82) is 0 Å². The van der Waals surface area contributed by atoms with Crippen molar-refractivity contribution in [2.45, 2.75) is 19.5 Å². The van der Waals surface area contributed by atoms with Crippen molar-refractivity contribution in [3.63, 3.8) is 0 Å². The molecule has 4 N–H and O–H groups in total. The number of amides is 1. The van der Waals surface area contributed by atoms with E-state index in [1.54, 1.807) is 6.07 Å². The molecule has 0 radical (unpaired) electrons. The number of primary amides is 1. The van der Waals surface area contributed by atoms with E-state index in [1.807, 2.05) is 6.92 Å². The van der Waals surface area contributed by atoms with E-state index in [0.717, 1.165) is 18.5 Å². The molecular weight excluding hydrogens is 506 g/mol. The number of nitrogens with zero attached hydrogens (tertiary/aromatic N) is 5. The van der Waals surface area contributed by atoms with Crippen LogP contribution in [0, 0.1) is 5.82 Å². The zero-order valence-electron chi connectivity index (χ0n) is 18.3. The van der Waals surface area contributed by atoms with Crippen LogP contribution in [0.5, 0.6) is 11.6 Å². The minimum atomic E-state index is -5.04. The molecule has 1 aromatic carbocycles. The third-order valence-corrected chi connectivity index (χ3v) is 5.39. The number of carbonyl (C=O) groups excluding carboxylic acids is 1. The fraction of sp³-hybridized carbons (Fsp3) is 0.136. The lowest BCUT2D eigenvalue weighted by molar-refractivity contribution is -0.143. The molecule has 3 heterocycles. The van der Waals surface area contributed by atoms with Gasteiger partial charge in [-0.1, -0.05) is 18.5 Å². The maximum atomic E-state index is 14.9.